The number of urea groups is 1. The molecule has 0 bridgehead atoms. The molecule has 1 atom stereocenters. The second kappa shape index (κ2) is 14.4. The maximum absolute atomic E-state index is 13.6. The zero-order valence-corrected chi connectivity index (χ0v) is 28.7. The van der Waals surface area contributed by atoms with Gasteiger partial charge in [-0.1, -0.05) is 121 Å². The number of carbonyl (C=O) groups is 1. The molecule has 0 spiro atoms. The van der Waals surface area contributed by atoms with Crippen LogP contribution < -0.4 is 10.1 Å². The van der Waals surface area contributed by atoms with E-state index in [1.165, 1.54) is 18.2 Å². The Balaban J connectivity index is 1.17. The molecule has 0 fully saturated rings. The third kappa shape index (κ3) is 6.51. The zero-order valence-electron chi connectivity index (χ0n) is 27.9. The van der Waals surface area contributed by atoms with Crippen LogP contribution in [-0.2, 0) is 12.1 Å². The van der Waals surface area contributed by atoms with Crippen LogP contribution >= 0.6 is 11.6 Å². The van der Waals surface area contributed by atoms with E-state index in [-0.39, 0.29) is 23.7 Å². The number of benzene rings is 5. The van der Waals surface area contributed by atoms with Gasteiger partial charge in [-0.25, -0.2) is 23.8 Å². The largest absolute Gasteiger partial charge is 0.469 e. The number of hydrogen-bond acceptors (Lipinski definition) is 5. The quantitative estimate of drug-likeness (QED) is 0.144. The molecule has 5 aromatic carbocycles. The SMILES string of the molecule is CC(c1cnc(OCc2ncn(C(c3ccccc3)(c3ccccc3)c3ccccc3)n2)c2ccccc12)N(C)C(=O)Nc1ccc(F)c(Cl)c1. The molecule has 10 heteroatoms. The smallest absolute Gasteiger partial charge is 0.322 e. The summed E-state index contributed by atoms with van der Waals surface area (Å²) in [4.78, 5) is 24.1. The van der Waals surface area contributed by atoms with Crippen molar-refractivity contribution in [3.05, 3.63) is 185 Å². The highest BCUT2D eigenvalue weighted by atomic mass is 35.5. The molecule has 2 amide bonds. The van der Waals surface area contributed by atoms with Crippen molar-refractivity contribution in [1.82, 2.24) is 24.6 Å². The number of rotatable bonds is 10. The van der Waals surface area contributed by atoms with Crippen molar-refractivity contribution >= 4 is 34.1 Å². The highest BCUT2D eigenvalue weighted by molar-refractivity contribution is 6.31. The van der Waals surface area contributed by atoms with Crippen LogP contribution in [0.3, 0.4) is 0 Å². The average molecular weight is 697 g/mol. The van der Waals surface area contributed by atoms with Crippen LogP contribution in [0, 0.1) is 5.82 Å². The van der Waals surface area contributed by atoms with Gasteiger partial charge in [0.25, 0.3) is 0 Å². The van der Waals surface area contributed by atoms with Gasteiger partial charge < -0.3 is 15.0 Å². The molecule has 51 heavy (non-hydrogen) atoms. The van der Waals surface area contributed by atoms with Crippen molar-refractivity contribution in [2.24, 2.45) is 0 Å². The summed E-state index contributed by atoms with van der Waals surface area (Å²) in [5, 5.41) is 9.39. The first kappa shape index (κ1) is 33.4. The summed E-state index contributed by atoms with van der Waals surface area (Å²) < 4.78 is 21.8. The molecular weight excluding hydrogens is 663 g/mol. The molecule has 0 saturated carbocycles. The minimum absolute atomic E-state index is 0.0702. The van der Waals surface area contributed by atoms with E-state index in [1.54, 1.807) is 24.5 Å². The van der Waals surface area contributed by atoms with Crippen molar-refractivity contribution in [2.45, 2.75) is 25.1 Å². The molecule has 254 valence electrons. The summed E-state index contributed by atoms with van der Waals surface area (Å²) in [5.74, 6) is 0.356. The molecule has 0 aliphatic carbocycles. The molecule has 0 aliphatic heterocycles. The lowest BCUT2D eigenvalue weighted by Crippen LogP contribution is -2.38. The minimum atomic E-state index is -0.793. The van der Waals surface area contributed by atoms with E-state index in [1.807, 2.05) is 90.5 Å². The Morgan fingerprint density at radius 3 is 2.00 bits per heavy atom. The lowest BCUT2D eigenvalue weighted by atomic mass is 9.77. The number of carbonyl (C=O) groups excluding carboxylic acids is 1. The van der Waals surface area contributed by atoms with Crippen LogP contribution in [0.4, 0.5) is 14.9 Å². The van der Waals surface area contributed by atoms with E-state index in [2.05, 4.69) is 46.7 Å². The molecule has 1 N–H and O–H groups in total. The molecule has 0 radical (unpaired) electrons. The van der Waals surface area contributed by atoms with Crippen LogP contribution in [0.25, 0.3) is 10.8 Å². The Morgan fingerprint density at radius 1 is 0.843 bits per heavy atom. The van der Waals surface area contributed by atoms with Gasteiger partial charge in [0, 0.05) is 29.9 Å². The van der Waals surface area contributed by atoms with Gasteiger partial charge in [-0.05, 0) is 53.3 Å². The summed E-state index contributed by atoms with van der Waals surface area (Å²) in [6.07, 6.45) is 3.47. The van der Waals surface area contributed by atoms with E-state index in [0.717, 1.165) is 33.0 Å². The molecule has 1 unspecified atom stereocenters. The molecular formula is C41H34ClFN6O2. The van der Waals surface area contributed by atoms with Crippen molar-refractivity contribution in [1.29, 1.82) is 0 Å². The van der Waals surface area contributed by atoms with Gasteiger partial charge in [0.15, 0.2) is 12.4 Å². The maximum atomic E-state index is 13.6. The topological polar surface area (TPSA) is 85.2 Å². The Morgan fingerprint density at radius 2 is 1.41 bits per heavy atom. The number of fused-ring (bicyclic) bond motifs is 1. The Bertz CT molecular complexity index is 2190. The third-order valence-electron chi connectivity index (χ3n) is 9.11. The first-order valence-corrected chi connectivity index (χ1v) is 16.8. The van der Waals surface area contributed by atoms with Crippen molar-refractivity contribution in [3.8, 4) is 5.88 Å². The number of amides is 2. The highest BCUT2D eigenvalue weighted by Gasteiger charge is 2.39. The predicted octanol–water partition coefficient (Wildman–Crippen LogP) is 9.26. The van der Waals surface area contributed by atoms with Crippen LogP contribution in [0.1, 0.15) is 41.0 Å². The van der Waals surface area contributed by atoms with Crippen molar-refractivity contribution in [3.63, 3.8) is 0 Å². The number of ether oxygens (including phenoxy) is 1. The number of nitrogens with zero attached hydrogens (tertiary/aromatic N) is 5. The number of anilines is 1. The summed E-state index contributed by atoms with van der Waals surface area (Å²) in [5.41, 5.74) is 3.54. The fourth-order valence-electron chi connectivity index (χ4n) is 6.40. The molecule has 8 nitrogen and oxygen atoms in total. The van der Waals surface area contributed by atoms with Crippen LogP contribution in [0.15, 0.2) is 146 Å². The van der Waals surface area contributed by atoms with E-state index in [9.17, 15) is 9.18 Å². The Kier molecular flexibility index (Phi) is 9.46. The third-order valence-corrected chi connectivity index (χ3v) is 9.40. The van der Waals surface area contributed by atoms with Crippen molar-refractivity contribution in [2.75, 3.05) is 12.4 Å². The van der Waals surface area contributed by atoms with Crippen LogP contribution in [0.5, 0.6) is 5.88 Å². The Labute approximate surface area is 300 Å². The van der Waals surface area contributed by atoms with Crippen molar-refractivity contribution < 1.29 is 13.9 Å². The second-order valence-corrected chi connectivity index (χ2v) is 12.5. The average Bonchev–Trinajstić information content (AvgIpc) is 3.65. The number of nitrogens with one attached hydrogen (secondary N) is 1. The van der Waals surface area contributed by atoms with Gasteiger partial charge in [-0.2, -0.15) is 5.10 Å². The monoisotopic (exact) mass is 696 g/mol. The van der Waals surface area contributed by atoms with E-state index in [0.29, 0.717) is 17.4 Å². The molecule has 2 heterocycles. The van der Waals surface area contributed by atoms with Gasteiger partial charge in [-0.15, -0.1) is 0 Å². The molecule has 7 aromatic rings. The minimum Gasteiger partial charge on any atom is -0.469 e. The van der Waals surface area contributed by atoms with E-state index < -0.39 is 11.4 Å². The fraction of sp³-hybridized carbons (Fsp3) is 0.122. The van der Waals surface area contributed by atoms with E-state index in [4.69, 9.17) is 26.4 Å². The standard InChI is InChI=1S/C41H34ClFN6O2/c1-28(48(2)40(50)46-32-22-23-37(43)36(42)24-32)35-25-44-39(34-21-13-12-20-33(34)35)51-26-38-45-27-49(47-38)41(29-14-6-3-7-15-29,30-16-8-4-9-17-30)31-18-10-5-11-19-31/h3-25,27-28H,26H2,1-2H3,(H,46,50). The molecule has 0 saturated heterocycles. The highest BCUT2D eigenvalue weighted by Crippen LogP contribution is 2.40. The number of aromatic nitrogens is 4. The first-order chi connectivity index (χ1) is 24.9. The number of hydrogen-bond donors (Lipinski definition) is 1. The van der Waals surface area contributed by atoms with Crippen LogP contribution in [0.2, 0.25) is 5.02 Å². The van der Waals surface area contributed by atoms with Gasteiger partial charge in [0.1, 0.15) is 17.7 Å². The normalized spacial score (nSPS) is 12.0. The number of halogens is 2. The number of pyridine rings is 1. The summed E-state index contributed by atoms with van der Waals surface area (Å²) in [6.45, 7) is 1.99. The molecule has 2 aromatic heterocycles. The lowest BCUT2D eigenvalue weighted by molar-refractivity contribution is 0.208. The summed E-state index contributed by atoms with van der Waals surface area (Å²) in [7, 11) is 1.69. The maximum Gasteiger partial charge on any atom is 0.322 e. The molecule has 7 rings (SSSR count). The van der Waals surface area contributed by atoms with Gasteiger partial charge in [0.05, 0.1) is 11.1 Å². The van der Waals surface area contributed by atoms with Gasteiger partial charge >= 0.3 is 6.03 Å². The second-order valence-electron chi connectivity index (χ2n) is 12.1. The zero-order chi connectivity index (χ0) is 35.4. The van der Waals surface area contributed by atoms with Gasteiger partial charge in [-0.3, -0.25) is 0 Å². The lowest BCUT2D eigenvalue weighted by Gasteiger charge is -2.35. The van der Waals surface area contributed by atoms with E-state index >= 15 is 0 Å². The fourth-order valence-corrected chi connectivity index (χ4v) is 6.58. The van der Waals surface area contributed by atoms with Crippen LogP contribution in [-0.4, -0.2) is 37.7 Å². The predicted molar refractivity (Wildman–Crippen MR) is 197 cm³/mol. The summed E-state index contributed by atoms with van der Waals surface area (Å²) in [6, 6.07) is 41.9. The molecule has 0 aliphatic rings. The first-order valence-electron chi connectivity index (χ1n) is 16.4. The van der Waals surface area contributed by atoms with Gasteiger partial charge in [0.2, 0.25) is 5.88 Å². The Hall–Kier alpha value is -6.06. The summed E-state index contributed by atoms with van der Waals surface area (Å²) >= 11 is 5.91.